The summed E-state index contributed by atoms with van der Waals surface area (Å²) >= 11 is 6.06. The number of hydrogen-bond donors (Lipinski definition) is 2. The number of ether oxygens (including phenoxy) is 2. The Morgan fingerprint density at radius 2 is 1.30 bits per heavy atom. The normalized spacial score (nSPS) is 15.1. The van der Waals surface area contributed by atoms with Gasteiger partial charge in [0.05, 0.1) is 5.02 Å². The molecule has 37 heavy (non-hydrogen) atoms. The van der Waals surface area contributed by atoms with Gasteiger partial charge in [-0.1, -0.05) is 23.7 Å². The van der Waals surface area contributed by atoms with E-state index in [0.29, 0.717) is 37.6 Å². The van der Waals surface area contributed by atoms with Crippen LogP contribution in [0.1, 0.15) is 63.8 Å². The summed E-state index contributed by atoms with van der Waals surface area (Å²) in [6.45, 7) is 13.3. The number of halogens is 1. The molecule has 4 rings (SSSR count). The largest absolute Gasteiger partial charge is 0.508 e. The maximum Gasteiger partial charge on any atom is 0.410 e. The van der Waals surface area contributed by atoms with Gasteiger partial charge in [-0.3, -0.25) is 0 Å². The van der Waals surface area contributed by atoms with Crippen molar-refractivity contribution in [3.8, 4) is 11.5 Å². The highest BCUT2D eigenvalue weighted by Gasteiger charge is 2.28. The first-order chi connectivity index (χ1) is 17.1. The highest BCUT2D eigenvalue weighted by atomic mass is 35.5. The predicted octanol–water partition coefficient (Wildman–Crippen LogP) is 6.02. The SMILES string of the molecule is CC(C)(C)OC(=O)N1CCc2c(ccc(O)c2Cl)C1.CC(C)(C)OC(=O)N1CCc2cc(O)ccc2C1. The van der Waals surface area contributed by atoms with Gasteiger partial charge in [-0.2, -0.15) is 0 Å². The van der Waals surface area contributed by atoms with E-state index in [2.05, 4.69) is 0 Å². The van der Waals surface area contributed by atoms with Gasteiger partial charge in [-0.25, -0.2) is 9.59 Å². The summed E-state index contributed by atoms with van der Waals surface area (Å²) in [6, 6.07) is 8.63. The molecule has 0 unspecified atom stereocenters. The molecule has 8 nitrogen and oxygen atoms in total. The van der Waals surface area contributed by atoms with E-state index in [1.54, 1.807) is 34.1 Å². The lowest BCUT2D eigenvalue weighted by Crippen LogP contribution is -2.39. The van der Waals surface area contributed by atoms with E-state index < -0.39 is 11.2 Å². The first kappa shape index (κ1) is 28.4. The van der Waals surface area contributed by atoms with Gasteiger partial charge < -0.3 is 29.5 Å². The average molecular weight is 533 g/mol. The van der Waals surface area contributed by atoms with Crippen molar-refractivity contribution in [2.45, 2.75) is 78.7 Å². The third kappa shape index (κ3) is 7.92. The second-order valence-corrected chi connectivity index (χ2v) is 11.7. The lowest BCUT2D eigenvalue weighted by molar-refractivity contribution is 0.0214. The minimum atomic E-state index is -0.496. The molecule has 0 saturated carbocycles. The van der Waals surface area contributed by atoms with Crippen LogP contribution in [0.25, 0.3) is 0 Å². The molecule has 2 aliphatic heterocycles. The highest BCUT2D eigenvalue weighted by molar-refractivity contribution is 6.32. The number of hydrogen-bond acceptors (Lipinski definition) is 6. The molecular weight excluding hydrogens is 496 g/mol. The summed E-state index contributed by atoms with van der Waals surface area (Å²) in [7, 11) is 0. The smallest absolute Gasteiger partial charge is 0.410 e. The number of carbonyl (C=O) groups is 2. The first-order valence-electron chi connectivity index (χ1n) is 12.4. The second kappa shape index (κ2) is 11.1. The van der Waals surface area contributed by atoms with Crippen LogP contribution in [0.2, 0.25) is 5.02 Å². The summed E-state index contributed by atoms with van der Waals surface area (Å²) in [5.74, 6) is 0.366. The predicted molar refractivity (Wildman–Crippen MR) is 142 cm³/mol. The Labute approximate surface area is 223 Å². The van der Waals surface area contributed by atoms with Crippen LogP contribution in [-0.4, -0.2) is 56.5 Å². The molecule has 2 N–H and O–H groups in total. The van der Waals surface area contributed by atoms with Gasteiger partial charge in [0, 0.05) is 26.2 Å². The van der Waals surface area contributed by atoms with Gasteiger partial charge in [0.1, 0.15) is 22.7 Å². The van der Waals surface area contributed by atoms with E-state index in [1.807, 2.05) is 47.6 Å². The number of rotatable bonds is 0. The Kier molecular flexibility index (Phi) is 8.52. The van der Waals surface area contributed by atoms with Gasteiger partial charge in [-0.05, 0) is 94.8 Å². The monoisotopic (exact) mass is 532 g/mol. The summed E-state index contributed by atoms with van der Waals surface area (Å²) in [6.07, 6.45) is 0.786. The van der Waals surface area contributed by atoms with Crippen LogP contribution in [0.15, 0.2) is 30.3 Å². The number of phenols is 2. The second-order valence-electron chi connectivity index (χ2n) is 11.3. The Morgan fingerprint density at radius 1 is 0.784 bits per heavy atom. The first-order valence-corrected chi connectivity index (χ1v) is 12.8. The standard InChI is InChI=1S/C14H18ClNO3.C14H19NO3/c1-14(2,3)19-13(18)16-7-6-10-9(8-16)4-5-11(17)12(10)15;1-14(2,3)18-13(17)15-7-6-10-8-12(16)5-4-11(10)9-15/h4-5,17H,6-8H2,1-3H3;4-5,8,16H,6-7,9H2,1-3H3. The maximum atomic E-state index is 12.0. The van der Waals surface area contributed by atoms with Crippen molar-refractivity contribution in [2.24, 2.45) is 0 Å². The molecule has 0 saturated heterocycles. The highest BCUT2D eigenvalue weighted by Crippen LogP contribution is 2.33. The van der Waals surface area contributed by atoms with Crippen molar-refractivity contribution in [1.29, 1.82) is 0 Å². The zero-order valence-electron chi connectivity index (χ0n) is 22.4. The zero-order valence-corrected chi connectivity index (χ0v) is 23.2. The van der Waals surface area contributed by atoms with E-state index >= 15 is 0 Å². The number of carbonyl (C=O) groups excluding carboxylic acids is 2. The number of phenolic OH excluding ortho intramolecular Hbond substituents is 2. The van der Waals surface area contributed by atoms with Crippen LogP contribution >= 0.6 is 11.6 Å². The topological polar surface area (TPSA) is 99.5 Å². The molecule has 0 aliphatic carbocycles. The molecule has 2 aromatic rings. The van der Waals surface area contributed by atoms with Crippen LogP contribution in [0.4, 0.5) is 9.59 Å². The summed E-state index contributed by atoms with van der Waals surface area (Å²) in [5.41, 5.74) is 3.09. The van der Waals surface area contributed by atoms with Crippen molar-refractivity contribution in [3.05, 3.63) is 57.6 Å². The zero-order chi connectivity index (χ0) is 27.5. The molecule has 0 atom stereocenters. The minimum Gasteiger partial charge on any atom is -0.508 e. The molecular formula is C28H37ClN2O6. The third-order valence-corrected chi connectivity index (χ3v) is 6.24. The third-order valence-electron chi connectivity index (χ3n) is 5.82. The van der Waals surface area contributed by atoms with E-state index in [0.717, 1.165) is 28.7 Å². The van der Waals surface area contributed by atoms with Crippen LogP contribution in [0, 0.1) is 0 Å². The maximum absolute atomic E-state index is 12.0. The molecule has 2 aliphatic rings. The van der Waals surface area contributed by atoms with Gasteiger partial charge in [0.25, 0.3) is 0 Å². The van der Waals surface area contributed by atoms with E-state index in [4.69, 9.17) is 21.1 Å². The van der Waals surface area contributed by atoms with Gasteiger partial charge in [0.15, 0.2) is 0 Å². The fraction of sp³-hybridized carbons (Fsp3) is 0.500. The van der Waals surface area contributed by atoms with E-state index in [-0.39, 0.29) is 23.7 Å². The molecule has 0 bridgehead atoms. The fourth-order valence-corrected chi connectivity index (χ4v) is 4.38. The number of fused-ring (bicyclic) bond motifs is 2. The molecule has 2 heterocycles. The number of aromatic hydroxyl groups is 2. The van der Waals surface area contributed by atoms with Crippen molar-refractivity contribution < 1.29 is 29.3 Å². The van der Waals surface area contributed by atoms with Crippen molar-refractivity contribution in [3.63, 3.8) is 0 Å². The van der Waals surface area contributed by atoms with Gasteiger partial charge in [0.2, 0.25) is 0 Å². The van der Waals surface area contributed by atoms with Gasteiger partial charge >= 0.3 is 12.2 Å². The lowest BCUT2D eigenvalue weighted by atomic mass is 9.99. The Bertz CT molecular complexity index is 1150. The molecule has 0 radical (unpaired) electrons. The van der Waals surface area contributed by atoms with Crippen LogP contribution in [0.5, 0.6) is 11.5 Å². The van der Waals surface area contributed by atoms with Crippen molar-refractivity contribution >= 4 is 23.8 Å². The molecule has 9 heteroatoms. The Balaban J connectivity index is 0.000000206. The summed E-state index contributed by atoms with van der Waals surface area (Å²) < 4.78 is 10.7. The van der Waals surface area contributed by atoms with E-state index in [9.17, 15) is 19.8 Å². The average Bonchev–Trinajstić information content (AvgIpc) is 2.79. The van der Waals surface area contributed by atoms with Crippen LogP contribution < -0.4 is 0 Å². The quantitative estimate of drug-likeness (QED) is 0.430. The summed E-state index contributed by atoms with van der Waals surface area (Å²) in [4.78, 5) is 27.3. The number of benzene rings is 2. The molecule has 0 spiro atoms. The summed E-state index contributed by atoms with van der Waals surface area (Å²) in [5, 5.41) is 19.4. The van der Waals surface area contributed by atoms with Crippen LogP contribution in [0.3, 0.4) is 0 Å². The Morgan fingerprint density at radius 3 is 1.86 bits per heavy atom. The van der Waals surface area contributed by atoms with Gasteiger partial charge in [-0.15, -0.1) is 0 Å². The van der Waals surface area contributed by atoms with Crippen molar-refractivity contribution in [1.82, 2.24) is 9.80 Å². The number of amides is 2. The lowest BCUT2D eigenvalue weighted by Gasteiger charge is -2.31. The molecule has 2 amide bonds. The molecule has 202 valence electrons. The minimum absolute atomic E-state index is 0.0890. The number of nitrogens with zero attached hydrogens (tertiary/aromatic N) is 2. The molecule has 2 aromatic carbocycles. The van der Waals surface area contributed by atoms with Crippen LogP contribution in [-0.2, 0) is 35.4 Å². The molecule has 0 fully saturated rings. The van der Waals surface area contributed by atoms with E-state index in [1.165, 1.54) is 0 Å². The van der Waals surface area contributed by atoms with Crippen molar-refractivity contribution in [2.75, 3.05) is 13.1 Å². The fourth-order valence-electron chi connectivity index (χ4n) is 4.10. The Hall–Kier alpha value is -3.13. The molecule has 0 aromatic heterocycles.